The van der Waals surface area contributed by atoms with Gasteiger partial charge in [0.2, 0.25) is 5.91 Å². The molecule has 1 heterocycles. The van der Waals surface area contributed by atoms with E-state index in [0.29, 0.717) is 61.0 Å². The van der Waals surface area contributed by atoms with Gasteiger partial charge in [0.1, 0.15) is 12.7 Å². The first-order chi connectivity index (χ1) is 26.5. The Kier molecular flexibility index (Phi) is 11.2. The van der Waals surface area contributed by atoms with Gasteiger partial charge in [0.15, 0.2) is 6.61 Å². The van der Waals surface area contributed by atoms with Gasteiger partial charge in [-0.3, -0.25) is 19.3 Å². The molecule has 1 amide bonds. The molecule has 0 spiro atoms. The fourth-order valence-corrected chi connectivity index (χ4v) is 16.3. The number of rotatable bonds is 11. The first-order valence-electron chi connectivity index (χ1n) is 23.2. The number of nitrogens with one attached hydrogen (secondary N) is 1. The number of esters is 1. The zero-order valence-electron chi connectivity index (χ0n) is 37.7. The van der Waals surface area contributed by atoms with Gasteiger partial charge < -0.3 is 25.0 Å². The number of carbonyl (C=O) groups is 3. The van der Waals surface area contributed by atoms with Crippen LogP contribution in [0.2, 0.25) is 0 Å². The van der Waals surface area contributed by atoms with E-state index in [1.54, 1.807) is 0 Å². The van der Waals surface area contributed by atoms with Crippen molar-refractivity contribution in [2.45, 2.75) is 171 Å². The molecule has 324 valence electrons. The lowest BCUT2D eigenvalue weighted by Gasteiger charge is -2.73. The Balaban J connectivity index is 1.08. The largest absolute Gasteiger partial charge is 0.481 e. The van der Waals surface area contributed by atoms with Crippen LogP contribution < -0.4 is 5.32 Å². The average Bonchev–Trinajstić information content (AvgIpc) is 3.73. The summed E-state index contributed by atoms with van der Waals surface area (Å²) in [6, 6.07) is 0. The lowest BCUT2D eigenvalue weighted by atomic mass is 9.32. The molecule has 7 fully saturated rings. The Morgan fingerprint density at radius 1 is 0.842 bits per heavy atom. The number of carboxylic acid groups (broad SMARTS) is 1. The highest BCUT2D eigenvalue weighted by Gasteiger charge is 2.72. The van der Waals surface area contributed by atoms with Crippen molar-refractivity contribution in [2.75, 3.05) is 32.8 Å². The molecule has 9 nitrogen and oxygen atoms in total. The Morgan fingerprint density at radius 3 is 2.21 bits per heavy atom. The van der Waals surface area contributed by atoms with Crippen LogP contribution in [-0.4, -0.2) is 83.6 Å². The van der Waals surface area contributed by atoms with E-state index in [9.17, 15) is 14.7 Å². The second kappa shape index (κ2) is 14.7. The van der Waals surface area contributed by atoms with Crippen molar-refractivity contribution in [1.82, 2.24) is 10.2 Å². The van der Waals surface area contributed by atoms with Gasteiger partial charge in [0.25, 0.3) is 0 Å². The molecule has 7 rings (SSSR count). The minimum Gasteiger partial charge on any atom is -0.481 e. The molecule has 0 radical (unpaired) electrons. The molecule has 6 saturated carbocycles. The summed E-state index contributed by atoms with van der Waals surface area (Å²) in [4.78, 5) is 42.9. The lowest BCUT2D eigenvalue weighted by Crippen LogP contribution is -2.68. The van der Waals surface area contributed by atoms with Gasteiger partial charge in [-0.15, -0.1) is 0 Å². The number of ether oxygens (including phenoxy) is 2. The molecular formula is C48H81N2O7+. The van der Waals surface area contributed by atoms with Crippen LogP contribution in [0.1, 0.15) is 153 Å². The van der Waals surface area contributed by atoms with Gasteiger partial charge >= 0.3 is 11.9 Å². The van der Waals surface area contributed by atoms with Crippen molar-refractivity contribution in [3.8, 4) is 0 Å². The second-order valence-corrected chi connectivity index (χ2v) is 23.7. The molecular weight excluding hydrogens is 717 g/mol. The number of carboxylic acids is 1. The SMILES string of the molecule is CC(C)[C@@H]1CC[C@]2(C(=O)NC(C)(C)CN3CC[C@@H](OCC[OH2+])C3)CC[C@]3(C)C(CC[C@@H]4C5(C)CC[C@H](OC(=O)C6C[C@@H](C(=O)O)C6(C)C)C(C)(C)[C@@H]5CCC43C)C12. The van der Waals surface area contributed by atoms with Crippen LogP contribution >= 0.6 is 0 Å². The zero-order chi connectivity index (χ0) is 41.7. The molecule has 1 aliphatic heterocycles. The smallest absolute Gasteiger partial charge is 0.309 e. The zero-order valence-corrected chi connectivity index (χ0v) is 37.7. The van der Waals surface area contributed by atoms with Gasteiger partial charge in [0.05, 0.1) is 23.4 Å². The summed E-state index contributed by atoms with van der Waals surface area (Å²) in [5.74, 6) is 1.49. The highest BCUT2D eigenvalue weighted by molar-refractivity contribution is 5.84. The molecule has 9 heteroatoms. The minimum absolute atomic E-state index is 0.140. The van der Waals surface area contributed by atoms with E-state index in [4.69, 9.17) is 14.6 Å². The number of fused-ring (bicyclic) bond motifs is 7. The van der Waals surface area contributed by atoms with E-state index in [1.165, 1.54) is 19.3 Å². The topological polar surface area (TPSA) is 128 Å². The summed E-state index contributed by atoms with van der Waals surface area (Å²) in [6.45, 7) is 29.1. The molecule has 0 aromatic heterocycles. The third kappa shape index (κ3) is 6.75. The predicted octanol–water partition coefficient (Wildman–Crippen LogP) is 8.09. The summed E-state index contributed by atoms with van der Waals surface area (Å²) >= 11 is 0. The van der Waals surface area contributed by atoms with Crippen molar-refractivity contribution >= 4 is 17.8 Å². The third-order valence-corrected chi connectivity index (χ3v) is 19.6. The summed E-state index contributed by atoms with van der Waals surface area (Å²) in [5.41, 5.74) is -0.954. The van der Waals surface area contributed by atoms with Crippen LogP contribution in [0.25, 0.3) is 0 Å². The number of amides is 1. The maximum absolute atomic E-state index is 15.0. The predicted molar refractivity (Wildman–Crippen MR) is 223 cm³/mol. The number of aliphatic carboxylic acids is 1. The number of nitrogens with zero attached hydrogens (tertiary/aromatic N) is 1. The lowest BCUT2D eigenvalue weighted by molar-refractivity contribution is -0.252. The van der Waals surface area contributed by atoms with E-state index in [1.807, 2.05) is 13.8 Å². The van der Waals surface area contributed by atoms with E-state index in [2.05, 4.69) is 72.5 Å². The van der Waals surface area contributed by atoms with Gasteiger partial charge in [0, 0.05) is 30.6 Å². The highest BCUT2D eigenvalue weighted by Crippen LogP contribution is 2.77. The van der Waals surface area contributed by atoms with E-state index >= 15 is 4.79 Å². The molecule has 0 aromatic rings. The second-order valence-electron chi connectivity index (χ2n) is 23.7. The van der Waals surface area contributed by atoms with Crippen molar-refractivity contribution in [3.05, 3.63) is 0 Å². The van der Waals surface area contributed by atoms with Gasteiger partial charge in [-0.1, -0.05) is 62.3 Å². The monoisotopic (exact) mass is 798 g/mol. The van der Waals surface area contributed by atoms with Crippen molar-refractivity contribution < 1.29 is 34.1 Å². The molecule has 6 aliphatic carbocycles. The first-order valence-corrected chi connectivity index (χ1v) is 23.2. The number of likely N-dealkylation sites (tertiary alicyclic amines) is 1. The maximum atomic E-state index is 15.0. The van der Waals surface area contributed by atoms with Crippen LogP contribution in [-0.2, 0) is 23.9 Å². The first kappa shape index (κ1) is 43.4. The van der Waals surface area contributed by atoms with Crippen molar-refractivity contribution in [1.29, 1.82) is 0 Å². The molecule has 0 bridgehead atoms. The Hall–Kier alpha value is -1.71. The van der Waals surface area contributed by atoms with Gasteiger partial charge in [-0.25, -0.2) is 0 Å². The minimum atomic E-state index is -0.814. The van der Waals surface area contributed by atoms with E-state index in [0.717, 1.165) is 71.0 Å². The fourth-order valence-electron chi connectivity index (χ4n) is 16.3. The van der Waals surface area contributed by atoms with Crippen molar-refractivity contribution in [2.24, 2.45) is 79.8 Å². The summed E-state index contributed by atoms with van der Waals surface area (Å²) in [5, 5.41) is 20.8. The fraction of sp³-hybridized carbons (Fsp3) is 0.938. The normalized spacial score (nSPS) is 44.9. The van der Waals surface area contributed by atoms with Crippen LogP contribution in [0.15, 0.2) is 0 Å². The average molecular weight is 798 g/mol. The highest BCUT2D eigenvalue weighted by atomic mass is 16.5. The summed E-state index contributed by atoms with van der Waals surface area (Å²) in [6.07, 6.45) is 12.3. The number of hydrogen-bond acceptors (Lipinski definition) is 6. The standard InChI is InChI=1S/C48H80N2O7/c1-29(2)31-14-20-48(41(55)49-42(3,4)28-50-23-17-30(27-50)56-25-24-51)22-21-46(10)32(38(31)48)12-13-36-45(9)18-16-37(44(7,8)35(45)15-19-47(36,46)11)57-40(54)34-26-33(39(52)53)43(34,5)6/h29-38,51H,12-28H2,1-11H3,(H,49,55)(H,52,53)/p+1/t30-,31+,32?,33+,34?,35+,36-,37+,38?,45?,46-,47?,48+/m1/s1. The molecule has 13 atom stereocenters. The summed E-state index contributed by atoms with van der Waals surface area (Å²) in [7, 11) is 0. The van der Waals surface area contributed by atoms with Crippen LogP contribution in [0.4, 0.5) is 0 Å². The van der Waals surface area contributed by atoms with Gasteiger partial charge in [-0.05, 0) is 148 Å². The molecule has 4 N–H and O–H groups in total. The van der Waals surface area contributed by atoms with Crippen LogP contribution in [0, 0.1) is 79.8 Å². The molecule has 57 heavy (non-hydrogen) atoms. The van der Waals surface area contributed by atoms with Crippen molar-refractivity contribution in [3.63, 3.8) is 0 Å². The van der Waals surface area contributed by atoms with E-state index < -0.39 is 17.3 Å². The quantitative estimate of drug-likeness (QED) is 0.160. The Morgan fingerprint density at radius 2 is 1.56 bits per heavy atom. The number of carbonyl (C=O) groups excluding carboxylic acids is 2. The summed E-state index contributed by atoms with van der Waals surface area (Å²) < 4.78 is 12.4. The number of hydrogen-bond donors (Lipinski definition) is 2. The molecule has 0 aromatic carbocycles. The van der Waals surface area contributed by atoms with Crippen LogP contribution in [0.3, 0.4) is 0 Å². The molecule has 7 aliphatic rings. The molecule has 1 saturated heterocycles. The molecule has 5 unspecified atom stereocenters. The third-order valence-electron chi connectivity index (χ3n) is 19.6. The van der Waals surface area contributed by atoms with Gasteiger partial charge in [-0.2, -0.15) is 0 Å². The van der Waals surface area contributed by atoms with Crippen LogP contribution in [0.5, 0.6) is 0 Å². The Bertz CT molecular complexity index is 1560. The van der Waals surface area contributed by atoms with E-state index in [-0.39, 0.29) is 56.7 Å². The maximum Gasteiger partial charge on any atom is 0.309 e. The Labute approximate surface area is 344 Å².